The third kappa shape index (κ3) is 5.70. The Bertz CT molecular complexity index is 855. The molecule has 2 aromatic carbocycles. The Morgan fingerprint density at radius 3 is 2.65 bits per heavy atom. The molecule has 0 fully saturated rings. The van der Waals surface area contributed by atoms with Crippen molar-refractivity contribution in [1.29, 1.82) is 0 Å². The van der Waals surface area contributed by atoms with E-state index in [-0.39, 0.29) is 0 Å². The number of ether oxygens (including phenoxy) is 1. The number of aryl methyl sites for hydroxylation is 1. The van der Waals surface area contributed by atoms with Gasteiger partial charge in [-0.1, -0.05) is 36.4 Å². The van der Waals surface area contributed by atoms with E-state index in [0.717, 1.165) is 22.4 Å². The molecule has 4 nitrogen and oxygen atoms in total. The van der Waals surface area contributed by atoms with E-state index in [9.17, 15) is 9.35 Å². The van der Waals surface area contributed by atoms with Crippen LogP contribution in [0.15, 0.2) is 41.3 Å². The smallest absolute Gasteiger partial charge is 0.341 e. The van der Waals surface area contributed by atoms with E-state index in [1.807, 2.05) is 32.0 Å². The van der Waals surface area contributed by atoms with Crippen molar-refractivity contribution in [2.75, 3.05) is 12.4 Å². The number of carbonyl (C=O) groups is 1. The molecule has 136 valence electrons. The van der Waals surface area contributed by atoms with Crippen molar-refractivity contribution in [3.63, 3.8) is 0 Å². The average Bonchev–Trinajstić information content (AvgIpc) is 2.60. The summed E-state index contributed by atoms with van der Waals surface area (Å²) in [5.41, 5.74) is 2.22. The Labute approximate surface area is 161 Å². The van der Waals surface area contributed by atoms with Crippen LogP contribution < -0.4 is 4.74 Å². The fraction of sp³-hybridized carbons (Fsp3) is 0.250. The van der Waals surface area contributed by atoms with Crippen LogP contribution in [0.4, 0.5) is 0 Å². The summed E-state index contributed by atoms with van der Waals surface area (Å²) in [5, 5.41) is 9.25. The molecule has 0 radical (unpaired) electrons. The first-order valence-corrected chi connectivity index (χ1v) is 9.75. The Balaban J connectivity index is 2.35. The third-order valence-corrected chi connectivity index (χ3v) is 5.28. The van der Waals surface area contributed by atoms with E-state index in [2.05, 4.69) is 11.8 Å². The molecule has 2 rings (SSSR count). The predicted molar refractivity (Wildman–Crippen MR) is 103 cm³/mol. The second-order valence-corrected chi connectivity index (χ2v) is 7.61. The standard InChI is InChI=1S/C20H19ClO4S/c1-3-10-26(24)18-8-4-14(2)15(12-18)5-6-16-11-17(21)7-9-19(16)25-13-20(22)23/h4,7-9,11-12H,3,10,13H2,1-2H3,(H,22,23). The van der Waals surface area contributed by atoms with Gasteiger partial charge < -0.3 is 14.4 Å². The van der Waals surface area contributed by atoms with Crippen LogP contribution in [0.2, 0.25) is 5.02 Å². The van der Waals surface area contributed by atoms with Crippen molar-refractivity contribution in [2.45, 2.75) is 25.2 Å². The van der Waals surface area contributed by atoms with Crippen LogP contribution in [0, 0.1) is 18.8 Å². The number of carboxylic acid groups (broad SMARTS) is 1. The van der Waals surface area contributed by atoms with Gasteiger partial charge in [-0.05, 0) is 54.3 Å². The second-order valence-electron chi connectivity index (χ2n) is 5.60. The number of halogens is 1. The highest BCUT2D eigenvalue weighted by atomic mass is 35.5. The van der Waals surface area contributed by atoms with Gasteiger partial charge in [0.2, 0.25) is 0 Å². The van der Waals surface area contributed by atoms with Crippen LogP contribution in [0.25, 0.3) is 0 Å². The molecule has 0 amide bonds. The highest BCUT2D eigenvalue weighted by Gasteiger charge is 2.11. The fourth-order valence-corrected chi connectivity index (χ4v) is 3.43. The van der Waals surface area contributed by atoms with Gasteiger partial charge in [0.15, 0.2) is 11.5 Å². The molecule has 0 aromatic heterocycles. The van der Waals surface area contributed by atoms with E-state index in [1.54, 1.807) is 18.2 Å². The Kier molecular flexibility index (Phi) is 7.40. The largest absolute Gasteiger partial charge is 0.611 e. The van der Waals surface area contributed by atoms with E-state index in [0.29, 0.717) is 22.1 Å². The van der Waals surface area contributed by atoms with E-state index >= 15 is 0 Å². The molecule has 1 atom stereocenters. The molecular weight excluding hydrogens is 372 g/mol. The molecule has 0 saturated carbocycles. The van der Waals surface area contributed by atoms with Crippen LogP contribution >= 0.6 is 11.6 Å². The van der Waals surface area contributed by atoms with Crippen LogP contribution in [-0.4, -0.2) is 28.0 Å². The highest BCUT2D eigenvalue weighted by Crippen LogP contribution is 2.23. The van der Waals surface area contributed by atoms with Crippen molar-refractivity contribution in [2.24, 2.45) is 0 Å². The predicted octanol–water partition coefficient (Wildman–Crippen LogP) is 4.03. The van der Waals surface area contributed by atoms with Gasteiger partial charge >= 0.3 is 5.97 Å². The van der Waals surface area contributed by atoms with Gasteiger partial charge in [0.1, 0.15) is 11.5 Å². The molecule has 0 heterocycles. The van der Waals surface area contributed by atoms with Crippen molar-refractivity contribution in [3.8, 4) is 17.6 Å². The minimum atomic E-state index is -1.07. The number of hydrogen-bond acceptors (Lipinski definition) is 3. The normalized spacial score (nSPS) is 11.4. The molecule has 0 aliphatic rings. The number of benzene rings is 2. The minimum absolute atomic E-state index is 0.354. The molecule has 26 heavy (non-hydrogen) atoms. The molecule has 1 unspecified atom stereocenters. The zero-order valence-electron chi connectivity index (χ0n) is 14.5. The van der Waals surface area contributed by atoms with Crippen molar-refractivity contribution in [1.82, 2.24) is 0 Å². The van der Waals surface area contributed by atoms with Gasteiger partial charge in [-0.3, -0.25) is 0 Å². The molecule has 0 saturated heterocycles. The zero-order valence-corrected chi connectivity index (χ0v) is 16.1. The Hall–Kier alpha value is -2.13. The number of carboxylic acids is 1. The third-order valence-electron chi connectivity index (χ3n) is 3.49. The van der Waals surface area contributed by atoms with Gasteiger partial charge in [0.05, 0.1) is 5.56 Å². The van der Waals surface area contributed by atoms with E-state index in [1.165, 1.54) is 0 Å². The first kappa shape index (κ1) is 20.2. The van der Waals surface area contributed by atoms with Gasteiger partial charge in [-0.15, -0.1) is 0 Å². The molecule has 0 spiro atoms. The Morgan fingerprint density at radius 2 is 1.96 bits per heavy atom. The highest BCUT2D eigenvalue weighted by molar-refractivity contribution is 7.91. The summed E-state index contributed by atoms with van der Waals surface area (Å²) in [5.74, 6) is 5.93. The minimum Gasteiger partial charge on any atom is -0.611 e. The maximum Gasteiger partial charge on any atom is 0.341 e. The Morgan fingerprint density at radius 1 is 1.23 bits per heavy atom. The summed E-state index contributed by atoms with van der Waals surface area (Å²) >= 11 is 4.97. The summed E-state index contributed by atoms with van der Waals surface area (Å²) < 4.78 is 17.5. The van der Waals surface area contributed by atoms with Crippen LogP contribution in [-0.2, 0) is 16.0 Å². The maximum atomic E-state index is 12.2. The summed E-state index contributed by atoms with van der Waals surface area (Å²) in [7, 11) is 0. The lowest BCUT2D eigenvalue weighted by atomic mass is 10.1. The molecular formula is C20H19ClO4S. The van der Waals surface area contributed by atoms with E-state index < -0.39 is 23.8 Å². The van der Waals surface area contributed by atoms with Crippen LogP contribution in [0.5, 0.6) is 5.75 Å². The summed E-state index contributed by atoms with van der Waals surface area (Å²) in [6.45, 7) is 3.46. The molecule has 1 N–H and O–H groups in total. The van der Waals surface area contributed by atoms with Crippen molar-refractivity contribution in [3.05, 3.63) is 58.1 Å². The molecule has 2 aromatic rings. The van der Waals surface area contributed by atoms with Gasteiger partial charge in [0.25, 0.3) is 0 Å². The van der Waals surface area contributed by atoms with Gasteiger partial charge in [0, 0.05) is 16.7 Å². The topological polar surface area (TPSA) is 69.6 Å². The lowest BCUT2D eigenvalue weighted by molar-refractivity contribution is -0.139. The van der Waals surface area contributed by atoms with E-state index in [4.69, 9.17) is 21.4 Å². The summed E-state index contributed by atoms with van der Waals surface area (Å²) in [4.78, 5) is 11.5. The maximum absolute atomic E-state index is 12.2. The lowest BCUT2D eigenvalue weighted by Gasteiger charge is -2.10. The van der Waals surface area contributed by atoms with Gasteiger partial charge in [-0.2, -0.15) is 0 Å². The first-order chi connectivity index (χ1) is 12.4. The van der Waals surface area contributed by atoms with Crippen molar-refractivity contribution < 1.29 is 19.2 Å². The first-order valence-electron chi connectivity index (χ1n) is 8.06. The summed E-state index contributed by atoms with van der Waals surface area (Å²) in [6, 6.07) is 10.4. The molecule has 0 aliphatic heterocycles. The second kappa shape index (κ2) is 9.54. The number of hydrogen-bond donors (Lipinski definition) is 1. The SMILES string of the molecule is CCC[S+]([O-])c1ccc(C)c(C#Cc2cc(Cl)ccc2OCC(=O)O)c1. The van der Waals surface area contributed by atoms with Gasteiger partial charge in [-0.25, -0.2) is 4.79 Å². The number of rotatable bonds is 6. The van der Waals surface area contributed by atoms with Crippen LogP contribution in [0.1, 0.15) is 30.0 Å². The van der Waals surface area contributed by atoms with Crippen LogP contribution in [0.3, 0.4) is 0 Å². The summed E-state index contributed by atoms with van der Waals surface area (Å²) in [6.07, 6.45) is 0.842. The fourth-order valence-electron chi connectivity index (χ4n) is 2.18. The van der Waals surface area contributed by atoms with Crippen molar-refractivity contribution >= 4 is 28.7 Å². The zero-order chi connectivity index (χ0) is 19.1. The molecule has 0 bridgehead atoms. The number of aliphatic carboxylic acids is 1. The lowest BCUT2D eigenvalue weighted by Crippen LogP contribution is -2.10. The monoisotopic (exact) mass is 390 g/mol. The quantitative estimate of drug-likeness (QED) is 0.597. The average molecular weight is 391 g/mol. The molecule has 6 heteroatoms. The molecule has 0 aliphatic carbocycles.